The van der Waals surface area contributed by atoms with E-state index in [0.29, 0.717) is 35.0 Å². The molecule has 2 aromatic heterocycles. The van der Waals surface area contributed by atoms with Crippen molar-refractivity contribution in [3.8, 4) is 11.5 Å². The largest absolute Gasteiger partial charge is 0.456 e. The molecule has 1 aliphatic rings. The second-order valence-corrected chi connectivity index (χ2v) is 10.3. The van der Waals surface area contributed by atoms with Crippen molar-refractivity contribution < 1.29 is 31.9 Å². The van der Waals surface area contributed by atoms with Crippen LogP contribution in [0.4, 0.5) is 23.4 Å². The third kappa shape index (κ3) is 7.48. The Morgan fingerprint density at radius 1 is 1.05 bits per heavy atom. The van der Waals surface area contributed by atoms with E-state index < -0.39 is 35.8 Å². The van der Waals surface area contributed by atoms with Gasteiger partial charge in [0.05, 0.1) is 23.3 Å². The molecule has 0 aliphatic carbocycles. The number of halogens is 4. The molecule has 3 aromatic rings. The minimum atomic E-state index is -4.61. The molecule has 0 bridgehead atoms. The summed E-state index contributed by atoms with van der Waals surface area (Å²) in [4.78, 5) is 45.7. The molecule has 1 fully saturated rings. The van der Waals surface area contributed by atoms with Crippen LogP contribution in [0.2, 0.25) is 0 Å². The highest BCUT2D eigenvalue weighted by Gasteiger charge is 2.40. The zero-order valence-electron chi connectivity index (χ0n) is 22.6. The summed E-state index contributed by atoms with van der Waals surface area (Å²) in [7, 11) is 0. The first kappa shape index (κ1) is 29.7. The molecule has 218 valence electrons. The molecule has 0 saturated carbocycles. The number of hydrogen-bond acceptors (Lipinski definition) is 6. The second-order valence-electron chi connectivity index (χ2n) is 10.3. The maximum Gasteiger partial charge on any atom is 0.406 e. The SMILES string of the molecule is C[C@@H](C(=O)Nc1ccc(Oc2ccc(F)cc2)cn1)N1CCN(C(=O)c2ccc(=O)n(CC(F)(F)F)c2)C(C)(C)C1. The average molecular weight is 576 g/mol. The zero-order chi connectivity index (χ0) is 29.9. The first-order valence-corrected chi connectivity index (χ1v) is 12.8. The monoisotopic (exact) mass is 575 g/mol. The summed E-state index contributed by atoms with van der Waals surface area (Å²) < 4.78 is 57.7. The molecular weight excluding hydrogens is 546 g/mol. The lowest BCUT2D eigenvalue weighted by Crippen LogP contribution is -2.63. The molecule has 1 aromatic carbocycles. The van der Waals surface area contributed by atoms with E-state index >= 15 is 0 Å². The van der Waals surface area contributed by atoms with Crippen LogP contribution in [-0.4, -0.2) is 68.6 Å². The van der Waals surface area contributed by atoms with Crippen LogP contribution in [0.25, 0.3) is 0 Å². The lowest BCUT2D eigenvalue weighted by Gasteiger charge is -2.48. The summed E-state index contributed by atoms with van der Waals surface area (Å²) in [6, 6.07) is 10.3. The van der Waals surface area contributed by atoms with Gasteiger partial charge in [0.2, 0.25) is 5.91 Å². The predicted octanol–water partition coefficient (Wildman–Crippen LogP) is 4.30. The van der Waals surface area contributed by atoms with Crippen molar-refractivity contribution in [1.29, 1.82) is 0 Å². The number of aromatic nitrogens is 2. The lowest BCUT2D eigenvalue weighted by molar-refractivity contribution is -0.141. The van der Waals surface area contributed by atoms with Gasteiger partial charge in [0.1, 0.15) is 29.7 Å². The molecule has 3 heterocycles. The van der Waals surface area contributed by atoms with Crippen molar-refractivity contribution >= 4 is 17.6 Å². The van der Waals surface area contributed by atoms with E-state index in [4.69, 9.17) is 4.74 Å². The van der Waals surface area contributed by atoms with Gasteiger partial charge in [0.25, 0.3) is 11.5 Å². The van der Waals surface area contributed by atoms with E-state index in [-0.39, 0.29) is 23.8 Å². The van der Waals surface area contributed by atoms with Crippen LogP contribution in [0.1, 0.15) is 31.1 Å². The number of anilines is 1. The van der Waals surface area contributed by atoms with Crippen LogP contribution in [0.15, 0.2) is 65.7 Å². The molecular formula is C28H29F4N5O4. The average Bonchev–Trinajstić information content (AvgIpc) is 2.90. The van der Waals surface area contributed by atoms with Gasteiger partial charge in [-0.3, -0.25) is 19.3 Å². The van der Waals surface area contributed by atoms with Crippen molar-refractivity contribution in [3.05, 3.63) is 82.7 Å². The molecule has 41 heavy (non-hydrogen) atoms. The Hall–Kier alpha value is -4.26. The summed E-state index contributed by atoms with van der Waals surface area (Å²) in [5.41, 5.74) is -1.65. The van der Waals surface area contributed by atoms with Gasteiger partial charge >= 0.3 is 6.18 Å². The van der Waals surface area contributed by atoms with Crippen molar-refractivity contribution in [2.75, 3.05) is 25.0 Å². The molecule has 9 nitrogen and oxygen atoms in total. The molecule has 0 spiro atoms. The number of rotatable bonds is 7. The number of piperazine rings is 1. The van der Waals surface area contributed by atoms with E-state index in [0.717, 1.165) is 12.3 Å². The van der Waals surface area contributed by atoms with Crippen molar-refractivity contribution in [2.45, 2.75) is 45.1 Å². The standard InChI is InChI=1S/C28H29F4N5O4/c1-18(25(39)34-23-10-9-22(14-33-23)41-21-7-5-20(29)6-8-21)35-12-13-37(27(2,3)16-35)26(40)19-4-11-24(38)36(15-19)17-28(30,31)32/h4-11,14-15,18H,12-13,16-17H2,1-3H3,(H,33,34,39)/t18-/m0/s1. The molecule has 0 radical (unpaired) electrons. The van der Waals surface area contributed by atoms with Crippen molar-refractivity contribution in [2.24, 2.45) is 0 Å². The number of hydrogen-bond donors (Lipinski definition) is 1. The van der Waals surface area contributed by atoms with E-state index in [2.05, 4.69) is 10.3 Å². The molecule has 1 N–H and O–H groups in total. The third-order valence-electron chi connectivity index (χ3n) is 6.72. The number of ether oxygens (including phenoxy) is 1. The van der Waals surface area contributed by atoms with Gasteiger partial charge in [-0.1, -0.05) is 0 Å². The van der Waals surface area contributed by atoms with E-state index in [9.17, 15) is 31.9 Å². The number of carbonyl (C=O) groups excluding carboxylic acids is 2. The van der Waals surface area contributed by atoms with Crippen molar-refractivity contribution in [1.82, 2.24) is 19.4 Å². The van der Waals surface area contributed by atoms with Crippen LogP contribution in [0.5, 0.6) is 11.5 Å². The van der Waals surface area contributed by atoms with E-state index in [1.54, 1.807) is 32.9 Å². The Balaban J connectivity index is 1.36. The number of nitrogens with zero attached hydrogens (tertiary/aromatic N) is 4. The molecule has 1 aliphatic heterocycles. The van der Waals surface area contributed by atoms with Crippen LogP contribution in [0.3, 0.4) is 0 Å². The van der Waals surface area contributed by atoms with Crippen LogP contribution in [0, 0.1) is 5.82 Å². The van der Waals surface area contributed by atoms with Crippen LogP contribution >= 0.6 is 0 Å². The zero-order valence-corrected chi connectivity index (χ0v) is 22.6. The first-order valence-electron chi connectivity index (χ1n) is 12.8. The Bertz CT molecular complexity index is 1460. The number of nitrogens with one attached hydrogen (secondary N) is 1. The summed E-state index contributed by atoms with van der Waals surface area (Å²) >= 11 is 0. The highest BCUT2D eigenvalue weighted by molar-refractivity contribution is 5.95. The number of amides is 2. The Morgan fingerprint density at radius 3 is 2.34 bits per heavy atom. The Kier molecular flexibility index (Phi) is 8.47. The number of carbonyl (C=O) groups is 2. The second kappa shape index (κ2) is 11.7. The fourth-order valence-electron chi connectivity index (χ4n) is 4.58. The van der Waals surface area contributed by atoms with Crippen molar-refractivity contribution in [3.63, 3.8) is 0 Å². The van der Waals surface area contributed by atoms with Gasteiger partial charge in [0.15, 0.2) is 0 Å². The molecule has 4 rings (SSSR count). The smallest absolute Gasteiger partial charge is 0.406 e. The molecule has 0 unspecified atom stereocenters. The molecule has 13 heteroatoms. The van der Waals surface area contributed by atoms with Gasteiger partial charge in [-0.15, -0.1) is 0 Å². The fourth-order valence-corrected chi connectivity index (χ4v) is 4.58. The molecule has 1 saturated heterocycles. The summed E-state index contributed by atoms with van der Waals surface area (Å²) in [6.45, 7) is 4.70. The number of benzene rings is 1. The van der Waals surface area contributed by atoms with E-state index in [1.807, 2.05) is 4.90 Å². The summed E-state index contributed by atoms with van der Waals surface area (Å²) in [6.07, 6.45) is -2.25. The summed E-state index contributed by atoms with van der Waals surface area (Å²) in [5.74, 6) is -0.0720. The minimum absolute atomic E-state index is 0.0286. The molecule has 2 amide bonds. The lowest BCUT2D eigenvalue weighted by atomic mass is 9.96. The van der Waals surface area contributed by atoms with Gasteiger partial charge in [-0.05, 0) is 63.2 Å². The van der Waals surface area contributed by atoms with Crippen LogP contribution < -0.4 is 15.6 Å². The normalized spacial score (nSPS) is 16.2. The predicted molar refractivity (Wildman–Crippen MR) is 142 cm³/mol. The first-order chi connectivity index (χ1) is 19.2. The van der Waals surface area contributed by atoms with Gasteiger partial charge in [-0.2, -0.15) is 13.2 Å². The van der Waals surface area contributed by atoms with Gasteiger partial charge in [0, 0.05) is 31.9 Å². The topological polar surface area (TPSA) is 96.8 Å². The maximum atomic E-state index is 13.3. The highest BCUT2D eigenvalue weighted by Crippen LogP contribution is 2.26. The molecule has 1 atom stereocenters. The number of alkyl halides is 3. The van der Waals surface area contributed by atoms with Crippen LogP contribution in [-0.2, 0) is 11.3 Å². The van der Waals surface area contributed by atoms with E-state index in [1.165, 1.54) is 41.4 Å². The maximum absolute atomic E-state index is 13.3. The quantitative estimate of drug-likeness (QED) is 0.422. The minimum Gasteiger partial charge on any atom is -0.456 e. The van der Waals surface area contributed by atoms with Gasteiger partial charge < -0.3 is 19.5 Å². The Labute approximate surface area is 233 Å². The number of pyridine rings is 2. The summed E-state index contributed by atoms with van der Waals surface area (Å²) in [5, 5.41) is 2.75. The van der Waals surface area contributed by atoms with Gasteiger partial charge in [-0.25, -0.2) is 9.37 Å². The fraction of sp³-hybridized carbons (Fsp3) is 0.357. The highest BCUT2D eigenvalue weighted by atomic mass is 19.4. The Morgan fingerprint density at radius 2 is 1.73 bits per heavy atom. The third-order valence-corrected chi connectivity index (χ3v) is 6.72.